The highest BCUT2D eigenvalue weighted by Crippen LogP contribution is 2.15. The van der Waals surface area contributed by atoms with Crippen molar-refractivity contribution in [3.05, 3.63) is 35.4 Å². The highest BCUT2D eigenvalue weighted by Gasteiger charge is 2.18. The van der Waals surface area contributed by atoms with Crippen LogP contribution in [0.15, 0.2) is 24.3 Å². The molecular formula is C10H13BO4. The standard InChI is InChI=1S/C10H13BO4/c1-7(11(14)15)5-8-3-2-4-9(6-8)10(12)13/h2-4,6-7,14-15H,5H2,1H3,(H,12,13). The van der Waals surface area contributed by atoms with Crippen LogP contribution in [0, 0.1) is 0 Å². The molecule has 15 heavy (non-hydrogen) atoms. The molecule has 0 aromatic heterocycles. The molecule has 1 aromatic rings. The zero-order valence-corrected chi connectivity index (χ0v) is 8.42. The van der Waals surface area contributed by atoms with E-state index in [1.165, 1.54) is 6.07 Å². The molecule has 1 unspecified atom stereocenters. The quantitative estimate of drug-likeness (QED) is 0.639. The summed E-state index contributed by atoms with van der Waals surface area (Å²) in [5, 5.41) is 26.6. The highest BCUT2D eigenvalue weighted by atomic mass is 16.4. The van der Waals surface area contributed by atoms with E-state index in [4.69, 9.17) is 15.2 Å². The number of carboxylic acids is 1. The smallest absolute Gasteiger partial charge is 0.454 e. The fourth-order valence-electron chi connectivity index (χ4n) is 1.31. The van der Waals surface area contributed by atoms with Crippen LogP contribution in [0.1, 0.15) is 22.8 Å². The molecule has 3 N–H and O–H groups in total. The van der Waals surface area contributed by atoms with E-state index in [0.29, 0.717) is 6.42 Å². The first kappa shape index (κ1) is 11.7. The van der Waals surface area contributed by atoms with Gasteiger partial charge in [-0.25, -0.2) is 4.79 Å². The van der Waals surface area contributed by atoms with Crippen molar-refractivity contribution < 1.29 is 19.9 Å². The molecule has 0 radical (unpaired) electrons. The maximum Gasteiger partial charge on any atom is 0.454 e. The number of carbonyl (C=O) groups is 1. The van der Waals surface area contributed by atoms with Crippen LogP contribution >= 0.6 is 0 Å². The molecule has 1 aromatic carbocycles. The lowest BCUT2D eigenvalue weighted by molar-refractivity contribution is 0.0696. The molecule has 0 amide bonds. The van der Waals surface area contributed by atoms with Gasteiger partial charge in [-0.1, -0.05) is 19.1 Å². The maximum absolute atomic E-state index is 10.7. The number of benzene rings is 1. The molecule has 0 bridgehead atoms. The first-order valence-corrected chi connectivity index (χ1v) is 4.69. The molecule has 0 spiro atoms. The third-order valence-electron chi connectivity index (χ3n) is 2.24. The molecule has 0 aliphatic carbocycles. The first-order chi connectivity index (χ1) is 7.00. The van der Waals surface area contributed by atoms with Gasteiger partial charge in [-0.2, -0.15) is 0 Å². The second-order valence-electron chi connectivity index (χ2n) is 3.60. The maximum atomic E-state index is 10.7. The van der Waals surface area contributed by atoms with Crippen molar-refractivity contribution >= 4 is 13.1 Å². The van der Waals surface area contributed by atoms with Gasteiger partial charge in [0.1, 0.15) is 0 Å². The Kier molecular flexibility index (Phi) is 3.88. The van der Waals surface area contributed by atoms with Crippen LogP contribution in [0.4, 0.5) is 0 Å². The molecule has 5 heteroatoms. The number of hydrogen-bond acceptors (Lipinski definition) is 3. The van der Waals surface area contributed by atoms with E-state index < -0.39 is 13.1 Å². The van der Waals surface area contributed by atoms with Crippen molar-refractivity contribution in [2.45, 2.75) is 19.2 Å². The molecule has 0 saturated heterocycles. The van der Waals surface area contributed by atoms with Crippen molar-refractivity contribution in [2.24, 2.45) is 0 Å². The average Bonchev–Trinajstić information content (AvgIpc) is 2.18. The van der Waals surface area contributed by atoms with E-state index in [1.807, 2.05) is 0 Å². The van der Waals surface area contributed by atoms with Crippen LogP contribution in [0.2, 0.25) is 5.82 Å². The minimum Gasteiger partial charge on any atom is -0.478 e. The van der Waals surface area contributed by atoms with Crippen molar-refractivity contribution in [3.8, 4) is 0 Å². The Morgan fingerprint density at radius 2 is 2.13 bits per heavy atom. The Hall–Kier alpha value is -1.33. The molecule has 0 fully saturated rings. The van der Waals surface area contributed by atoms with Crippen molar-refractivity contribution in [1.29, 1.82) is 0 Å². The minimum absolute atomic E-state index is 0.215. The molecule has 1 rings (SSSR count). The first-order valence-electron chi connectivity index (χ1n) is 4.69. The van der Waals surface area contributed by atoms with E-state index in [1.54, 1.807) is 25.1 Å². The van der Waals surface area contributed by atoms with Crippen LogP contribution < -0.4 is 0 Å². The SMILES string of the molecule is CC(Cc1cccc(C(=O)O)c1)B(O)O. The van der Waals surface area contributed by atoms with E-state index >= 15 is 0 Å². The summed E-state index contributed by atoms with van der Waals surface area (Å²) in [6, 6.07) is 6.47. The highest BCUT2D eigenvalue weighted by molar-refractivity contribution is 6.43. The van der Waals surface area contributed by atoms with Crippen molar-refractivity contribution in [1.82, 2.24) is 0 Å². The van der Waals surface area contributed by atoms with E-state index in [-0.39, 0.29) is 11.4 Å². The van der Waals surface area contributed by atoms with Gasteiger partial charge in [0.15, 0.2) is 0 Å². The summed E-state index contributed by atoms with van der Waals surface area (Å²) in [6.07, 6.45) is 0.443. The molecular weight excluding hydrogens is 195 g/mol. The van der Waals surface area contributed by atoms with Crippen LogP contribution in [-0.4, -0.2) is 28.2 Å². The van der Waals surface area contributed by atoms with Gasteiger partial charge < -0.3 is 15.2 Å². The largest absolute Gasteiger partial charge is 0.478 e. The van der Waals surface area contributed by atoms with Crippen LogP contribution in [-0.2, 0) is 6.42 Å². The summed E-state index contributed by atoms with van der Waals surface area (Å²) < 4.78 is 0. The van der Waals surface area contributed by atoms with E-state index in [2.05, 4.69) is 0 Å². The Labute approximate surface area is 88.3 Å². The van der Waals surface area contributed by atoms with Crippen molar-refractivity contribution in [2.75, 3.05) is 0 Å². The van der Waals surface area contributed by atoms with Gasteiger partial charge in [-0.3, -0.25) is 0 Å². The Morgan fingerprint density at radius 3 is 2.67 bits per heavy atom. The van der Waals surface area contributed by atoms with Gasteiger partial charge in [-0.05, 0) is 29.9 Å². The normalized spacial score (nSPS) is 12.2. The zero-order valence-electron chi connectivity index (χ0n) is 8.42. The zero-order chi connectivity index (χ0) is 11.4. The molecule has 0 saturated carbocycles. The average molecular weight is 208 g/mol. The summed E-state index contributed by atoms with van der Waals surface area (Å²) in [5.41, 5.74) is 1.00. The van der Waals surface area contributed by atoms with Gasteiger partial charge >= 0.3 is 13.1 Å². The fraction of sp³-hybridized carbons (Fsp3) is 0.300. The minimum atomic E-state index is -1.38. The molecule has 1 atom stereocenters. The number of hydrogen-bond donors (Lipinski definition) is 3. The van der Waals surface area contributed by atoms with Gasteiger partial charge in [0.2, 0.25) is 0 Å². The van der Waals surface area contributed by atoms with Crippen LogP contribution in [0.5, 0.6) is 0 Å². The third kappa shape index (κ3) is 3.38. The molecule has 0 aliphatic heterocycles. The third-order valence-corrected chi connectivity index (χ3v) is 2.24. The molecule has 0 heterocycles. The summed E-state index contributed by atoms with van der Waals surface area (Å²) in [4.78, 5) is 10.7. The predicted molar refractivity (Wildman–Crippen MR) is 56.7 cm³/mol. The monoisotopic (exact) mass is 208 g/mol. The topological polar surface area (TPSA) is 77.8 Å². The lowest BCUT2D eigenvalue weighted by atomic mass is 9.71. The van der Waals surface area contributed by atoms with E-state index in [0.717, 1.165) is 5.56 Å². The number of carboxylic acid groups (broad SMARTS) is 1. The molecule has 0 aliphatic rings. The van der Waals surface area contributed by atoms with Gasteiger partial charge in [0, 0.05) is 0 Å². The Balaban J connectivity index is 2.78. The summed E-state index contributed by atoms with van der Waals surface area (Å²) in [6.45, 7) is 1.69. The Bertz CT molecular complexity index is 351. The Morgan fingerprint density at radius 1 is 1.47 bits per heavy atom. The van der Waals surface area contributed by atoms with Gasteiger partial charge in [0.05, 0.1) is 5.56 Å². The van der Waals surface area contributed by atoms with Crippen LogP contribution in [0.3, 0.4) is 0 Å². The summed E-state index contributed by atoms with van der Waals surface area (Å²) >= 11 is 0. The fourth-order valence-corrected chi connectivity index (χ4v) is 1.31. The number of rotatable bonds is 4. The summed E-state index contributed by atoms with van der Waals surface area (Å²) in [7, 11) is -1.38. The lowest BCUT2D eigenvalue weighted by Crippen LogP contribution is -2.19. The second-order valence-corrected chi connectivity index (χ2v) is 3.60. The van der Waals surface area contributed by atoms with Crippen LogP contribution in [0.25, 0.3) is 0 Å². The number of aromatic carboxylic acids is 1. The van der Waals surface area contributed by atoms with Crippen molar-refractivity contribution in [3.63, 3.8) is 0 Å². The van der Waals surface area contributed by atoms with Gasteiger partial charge in [0.25, 0.3) is 0 Å². The van der Waals surface area contributed by atoms with E-state index in [9.17, 15) is 4.79 Å². The lowest BCUT2D eigenvalue weighted by Gasteiger charge is -2.09. The second kappa shape index (κ2) is 4.95. The summed E-state index contributed by atoms with van der Waals surface area (Å²) in [5.74, 6) is -1.29. The molecule has 4 nitrogen and oxygen atoms in total. The van der Waals surface area contributed by atoms with Gasteiger partial charge in [-0.15, -0.1) is 0 Å². The predicted octanol–water partition coefficient (Wildman–Crippen LogP) is 0.790. The molecule has 80 valence electrons.